The number of amides is 1. The second-order valence-corrected chi connectivity index (χ2v) is 9.25. The molecule has 0 spiro atoms. The summed E-state index contributed by atoms with van der Waals surface area (Å²) in [5, 5.41) is 2.86. The van der Waals surface area contributed by atoms with E-state index in [0.717, 1.165) is 5.56 Å². The topological polar surface area (TPSA) is 69.7 Å². The fourth-order valence-electron chi connectivity index (χ4n) is 3.32. The van der Waals surface area contributed by atoms with Gasteiger partial charge in [0, 0.05) is 25.2 Å². The number of sulfonamides is 1. The molecule has 1 N–H and O–H groups in total. The minimum atomic E-state index is -3.66. The highest BCUT2D eigenvalue weighted by Gasteiger charge is 2.24. The summed E-state index contributed by atoms with van der Waals surface area (Å²) in [5.41, 5.74) is 1.73. The summed E-state index contributed by atoms with van der Waals surface area (Å²) in [6.45, 7) is 6.27. The summed E-state index contributed by atoms with van der Waals surface area (Å²) in [6, 6.07) is 10.6. The molecule has 6 nitrogen and oxygen atoms in total. The van der Waals surface area contributed by atoms with E-state index in [4.69, 9.17) is 0 Å². The minimum absolute atomic E-state index is 0.0937. The van der Waals surface area contributed by atoms with E-state index < -0.39 is 10.0 Å². The van der Waals surface area contributed by atoms with Crippen LogP contribution in [0, 0.1) is 12.7 Å². The van der Waals surface area contributed by atoms with Gasteiger partial charge in [0.25, 0.3) is 5.91 Å². The van der Waals surface area contributed by atoms with Crippen LogP contribution in [0.2, 0.25) is 0 Å². The van der Waals surface area contributed by atoms with Crippen LogP contribution in [0.5, 0.6) is 0 Å². The Morgan fingerprint density at radius 2 is 1.77 bits per heavy atom. The van der Waals surface area contributed by atoms with Gasteiger partial charge in [0.1, 0.15) is 5.82 Å². The van der Waals surface area contributed by atoms with Gasteiger partial charge < -0.3 is 10.2 Å². The number of carbonyl (C=O) groups excluding carboxylic acids is 1. The summed E-state index contributed by atoms with van der Waals surface area (Å²) in [6.07, 6.45) is 0. The molecule has 30 heavy (non-hydrogen) atoms. The quantitative estimate of drug-likeness (QED) is 0.657. The smallest absolute Gasteiger partial charge is 0.251 e. The number of likely N-dealkylation sites (N-methyl/N-ethyl adjacent to an activating group) is 1. The van der Waals surface area contributed by atoms with Gasteiger partial charge in [-0.3, -0.25) is 4.79 Å². The van der Waals surface area contributed by atoms with Crippen LogP contribution in [-0.2, 0) is 10.0 Å². The highest BCUT2D eigenvalue weighted by Crippen LogP contribution is 2.21. The third-order valence-electron chi connectivity index (χ3n) is 5.11. The first-order valence-electron chi connectivity index (χ1n) is 9.92. The van der Waals surface area contributed by atoms with E-state index in [1.165, 1.54) is 28.6 Å². The number of halogens is 1. The van der Waals surface area contributed by atoms with Crippen molar-refractivity contribution >= 4 is 15.9 Å². The third kappa shape index (κ3) is 5.44. The van der Waals surface area contributed by atoms with E-state index in [1.807, 2.05) is 25.1 Å². The molecule has 2 rings (SSSR count). The van der Waals surface area contributed by atoms with Crippen molar-refractivity contribution in [2.24, 2.45) is 0 Å². The number of rotatable bonds is 9. The van der Waals surface area contributed by atoms with Crippen LogP contribution in [-0.4, -0.2) is 57.3 Å². The van der Waals surface area contributed by atoms with Gasteiger partial charge in [0.2, 0.25) is 10.0 Å². The molecule has 2 aromatic carbocycles. The Morgan fingerprint density at radius 3 is 2.33 bits per heavy atom. The van der Waals surface area contributed by atoms with Crippen LogP contribution >= 0.6 is 0 Å². The van der Waals surface area contributed by atoms with Gasteiger partial charge in [-0.05, 0) is 56.4 Å². The molecule has 0 saturated carbocycles. The highest BCUT2D eigenvalue weighted by atomic mass is 32.2. The summed E-state index contributed by atoms with van der Waals surface area (Å²) < 4.78 is 40.6. The Kier molecular flexibility index (Phi) is 8.11. The molecule has 2 aromatic rings. The zero-order chi connectivity index (χ0) is 22.5. The van der Waals surface area contributed by atoms with Crippen molar-refractivity contribution in [1.82, 2.24) is 14.5 Å². The van der Waals surface area contributed by atoms with Crippen LogP contribution in [0.1, 0.15) is 41.4 Å². The maximum atomic E-state index is 13.6. The average Bonchev–Trinajstić information content (AvgIpc) is 2.68. The Labute approximate surface area is 178 Å². The third-order valence-corrected chi connectivity index (χ3v) is 7.16. The van der Waals surface area contributed by atoms with Gasteiger partial charge in [-0.15, -0.1) is 0 Å². The molecule has 0 saturated heterocycles. The normalized spacial score (nSPS) is 12.9. The molecule has 0 bridgehead atoms. The molecular weight excluding hydrogens is 405 g/mol. The Balaban J connectivity index is 2.26. The second-order valence-electron chi connectivity index (χ2n) is 7.31. The van der Waals surface area contributed by atoms with Gasteiger partial charge >= 0.3 is 0 Å². The molecule has 0 aliphatic rings. The Morgan fingerprint density at radius 1 is 1.10 bits per heavy atom. The van der Waals surface area contributed by atoms with Crippen LogP contribution in [0.4, 0.5) is 4.39 Å². The molecule has 0 heterocycles. The first-order valence-corrected chi connectivity index (χ1v) is 11.4. The predicted octanol–water partition coefficient (Wildman–Crippen LogP) is 3.20. The van der Waals surface area contributed by atoms with E-state index in [2.05, 4.69) is 5.32 Å². The summed E-state index contributed by atoms with van der Waals surface area (Å²) in [7, 11) is 0.0399. The number of carbonyl (C=O) groups is 1. The van der Waals surface area contributed by atoms with E-state index in [1.54, 1.807) is 32.9 Å². The maximum absolute atomic E-state index is 13.6. The number of aryl methyl sites for hydroxylation is 1. The van der Waals surface area contributed by atoms with Crippen LogP contribution < -0.4 is 5.32 Å². The maximum Gasteiger partial charge on any atom is 0.251 e. The zero-order valence-electron chi connectivity index (χ0n) is 18.1. The molecule has 0 aromatic heterocycles. The Bertz CT molecular complexity index is 989. The van der Waals surface area contributed by atoms with Gasteiger partial charge in [-0.25, -0.2) is 12.8 Å². The monoisotopic (exact) mass is 435 g/mol. The van der Waals surface area contributed by atoms with E-state index >= 15 is 0 Å². The first-order chi connectivity index (χ1) is 14.1. The lowest BCUT2D eigenvalue weighted by molar-refractivity contribution is 0.0941. The van der Waals surface area contributed by atoms with Gasteiger partial charge in [-0.1, -0.05) is 32.0 Å². The molecule has 1 atom stereocenters. The lowest BCUT2D eigenvalue weighted by atomic mass is 10.0. The molecule has 164 valence electrons. The zero-order valence-corrected chi connectivity index (χ0v) is 19.0. The minimum Gasteiger partial charge on any atom is -0.350 e. The Hall–Kier alpha value is -2.29. The van der Waals surface area contributed by atoms with Crippen molar-refractivity contribution in [1.29, 1.82) is 0 Å². The fraction of sp³-hybridized carbons (Fsp3) is 0.409. The van der Waals surface area contributed by atoms with Crippen LogP contribution in [0.15, 0.2) is 47.4 Å². The van der Waals surface area contributed by atoms with Crippen molar-refractivity contribution in [3.8, 4) is 0 Å². The van der Waals surface area contributed by atoms with Crippen LogP contribution in [0.3, 0.4) is 0 Å². The van der Waals surface area contributed by atoms with Crippen molar-refractivity contribution in [2.75, 3.05) is 33.7 Å². The number of nitrogens with zero attached hydrogens (tertiary/aromatic N) is 2. The van der Waals surface area contributed by atoms with Gasteiger partial charge in [0.15, 0.2) is 0 Å². The van der Waals surface area contributed by atoms with Crippen molar-refractivity contribution < 1.29 is 17.6 Å². The summed E-state index contributed by atoms with van der Waals surface area (Å²) in [4.78, 5) is 14.9. The van der Waals surface area contributed by atoms with Crippen molar-refractivity contribution in [3.63, 3.8) is 0 Å². The number of nitrogens with one attached hydrogen (secondary N) is 1. The largest absolute Gasteiger partial charge is 0.350 e. The molecule has 1 unspecified atom stereocenters. The highest BCUT2D eigenvalue weighted by molar-refractivity contribution is 7.89. The van der Waals surface area contributed by atoms with E-state index in [0.29, 0.717) is 24.2 Å². The molecule has 0 aliphatic heterocycles. The first kappa shape index (κ1) is 24.0. The molecule has 0 radical (unpaired) electrons. The standard InChI is InChI=1S/C22H30FN3O3S/c1-6-26(7-2)30(28,29)19-12-11-16(3)20(14-19)22(27)24-15-21(25(4)5)17-9-8-10-18(23)13-17/h8-14,21H,6-7,15H2,1-5H3,(H,24,27). The number of hydrogen-bond acceptors (Lipinski definition) is 4. The molecule has 0 aliphatic carbocycles. The second kappa shape index (κ2) is 10.1. The lowest BCUT2D eigenvalue weighted by Crippen LogP contribution is -2.35. The van der Waals surface area contributed by atoms with E-state index in [9.17, 15) is 17.6 Å². The van der Waals surface area contributed by atoms with Gasteiger partial charge in [0.05, 0.1) is 10.9 Å². The summed E-state index contributed by atoms with van der Waals surface area (Å²) in [5.74, 6) is -0.705. The van der Waals surface area contributed by atoms with Gasteiger partial charge in [-0.2, -0.15) is 4.31 Å². The van der Waals surface area contributed by atoms with Crippen molar-refractivity contribution in [3.05, 3.63) is 65.0 Å². The number of benzene rings is 2. The molecule has 0 fully saturated rings. The van der Waals surface area contributed by atoms with Crippen molar-refractivity contribution in [2.45, 2.75) is 31.7 Å². The number of hydrogen-bond donors (Lipinski definition) is 1. The predicted molar refractivity (Wildman–Crippen MR) is 116 cm³/mol. The fourth-order valence-corrected chi connectivity index (χ4v) is 4.80. The average molecular weight is 436 g/mol. The van der Waals surface area contributed by atoms with E-state index in [-0.39, 0.29) is 29.2 Å². The molecular formula is C22H30FN3O3S. The van der Waals surface area contributed by atoms with Crippen LogP contribution in [0.25, 0.3) is 0 Å². The SMILES string of the molecule is CCN(CC)S(=O)(=O)c1ccc(C)c(C(=O)NCC(c2cccc(F)c2)N(C)C)c1. The molecule has 8 heteroatoms. The lowest BCUT2D eigenvalue weighted by Gasteiger charge is -2.25. The molecule has 1 amide bonds. The summed E-state index contributed by atoms with van der Waals surface area (Å²) >= 11 is 0.